The third-order valence-electron chi connectivity index (χ3n) is 2.84. The van der Waals surface area contributed by atoms with Crippen LogP contribution in [0.4, 0.5) is 0 Å². The lowest BCUT2D eigenvalue weighted by molar-refractivity contribution is 0.622. The van der Waals surface area contributed by atoms with Crippen molar-refractivity contribution in [2.75, 3.05) is 6.16 Å². The van der Waals surface area contributed by atoms with E-state index in [4.69, 9.17) is 0 Å². The van der Waals surface area contributed by atoms with Crippen LogP contribution in [-0.4, -0.2) is 6.16 Å². The highest BCUT2D eigenvalue weighted by atomic mass is 31.1. The van der Waals surface area contributed by atoms with E-state index in [1.54, 1.807) is 0 Å². The van der Waals surface area contributed by atoms with E-state index >= 15 is 0 Å². The second-order valence-electron chi connectivity index (χ2n) is 3.90. The van der Waals surface area contributed by atoms with Gasteiger partial charge in [0, 0.05) is 0 Å². The normalized spacial score (nSPS) is 18.8. The van der Waals surface area contributed by atoms with Crippen LogP contribution in [0.15, 0.2) is 30.3 Å². The Morgan fingerprint density at radius 1 is 1.08 bits per heavy atom. The molecule has 0 saturated heterocycles. The first-order valence-corrected chi connectivity index (χ1v) is 6.45. The zero-order valence-corrected chi connectivity index (χ0v) is 9.00. The Balaban J connectivity index is 1.79. The molecular formula is C12H17P. The van der Waals surface area contributed by atoms with Crippen molar-refractivity contribution in [2.24, 2.45) is 5.92 Å². The average Bonchev–Trinajstić information content (AvgIpc) is 2.69. The molecule has 0 bridgehead atoms. The summed E-state index contributed by atoms with van der Waals surface area (Å²) in [5, 5.41) is 1.54. The van der Waals surface area contributed by atoms with Gasteiger partial charge in [-0.2, -0.15) is 0 Å². The molecule has 0 aliphatic heterocycles. The van der Waals surface area contributed by atoms with Gasteiger partial charge in [0.2, 0.25) is 0 Å². The first-order chi connectivity index (χ1) is 6.45. The molecule has 70 valence electrons. The number of benzene rings is 1. The van der Waals surface area contributed by atoms with Crippen LogP contribution < -0.4 is 5.30 Å². The van der Waals surface area contributed by atoms with Crippen LogP contribution in [0.1, 0.15) is 25.7 Å². The Morgan fingerprint density at radius 2 is 1.77 bits per heavy atom. The molecule has 0 amide bonds. The van der Waals surface area contributed by atoms with Gasteiger partial charge in [0.05, 0.1) is 0 Å². The predicted molar refractivity (Wildman–Crippen MR) is 61.2 cm³/mol. The van der Waals surface area contributed by atoms with Crippen LogP contribution in [0, 0.1) is 5.92 Å². The lowest BCUT2D eigenvalue weighted by Gasteiger charge is -2.07. The highest BCUT2D eigenvalue weighted by Gasteiger charge is 2.14. The SMILES string of the molecule is c1ccc(PCC2CCCC2)cc1. The van der Waals surface area contributed by atoms with Crippen LogP contribution in [0.2, 0.25) is 0 Å². The first-order valence-electron chi connectivity index (χ1n) is 5.24. The summed E-state index contributed by atoms with van der Waals surface area (Å²) in [6, 6.07) is 10.9. The van der Waals surface area contributed by atoms with Crippen LogP contribution in [0.25, 0.3) is 0 Å². The standard InChI is InChI=1S/C12H17P/c1-2-8-12(9-3-1)13-10-11-6-4-5-7-11/h1-3,8-9,11,13H,4-7,10H2. The predicted octanol–water partition coefficient (Wildman–Crippen LogP) is 3.18. The molecule has 1 unspecified atom stereocenters. The van der Waals surface area contributed by atoms with Crippen molar-refractivity contribution in [2.45, 2.75) is 25.7 Å². The van der Waals surface area contributed by atoms with Crippen LogP contribution in [0.3, 0.4) is 0 Å². The molecule has 0 heterocycles. The Labute approximate surface area is 82.5 Å². The monoisotopic (exact) mass is 192 g/mol. The van der Waals surface area contributed by atoms with Gasteiger partial charge in [-0.05, 0) is 17.4 Å². The highest BCUT2D eigenvalue weighted by Crippen LogP contribution is 2.29. The lowest BCUT2D eigenvalue weighted by atomic mass is 10.1. The molecule has 0 radical (unpaired) electrons. The van der Waals surface area contributed by atoms with E-state index in [1.165, 1.54) is 37.1 Å². The molecule has 1 atom stereocenters. The fourth-order valence-electron chi connectivity index (χ4n) is 2.03. The lowest BCUT2D eigenvalue weighted by Crippen LogP contribution is -2.00. The maximum Gasteiger partial charge on any atom is -0.0271 e. The van der Waals surface area contributed by atoms with E-state index in [9.17, 15) is 0 Å². The minimum atomic E-state index is 1.04. The van der Waals surface area contributed by atoms with Crippen LogP contribution >= 0.6 is 8.58 Å². The van der Waals surface area contributed by atoms with Crippen LogP contribution in [0.5, 0.6) is 0 Å². The summed E-state index contributed by atoms with van der Waals surface area (Å²) in [6.07, 6.45) is 7.36. The molecule has 0 spiro atoms. The zero-order chi connectivity index (χ0) is 8.93. The largest absolute Gasteiger partial charge is 0.0901 e. The minimum absolute atomic E-state index is 1.04. The molecular weight excluding hydrogens is 175 g/mol. The number of hydrogen-bond acceptors (Lipinski definition) is 0. The van der Waals surface area contributed by atoms with Gasteiger partial charge in [0.15, 0.2) is 0 Å². The van der Waals surface area contributed by atoms with Gasteiger partial charge < -0.3 is 0 Å². The maximum atomic E-state index is 2.26. The molecule has 1 aliphatic rings. The first kappa shape index (κ1) is 9.21. The topological polar surface area (TPSA) is 0 Å². The summed E-state index contributed by atoms with van der Waals surface area (Å²) >= 11 is 0. The fraction of sp³-hybridized carbons (Fsp3) is 0.500. The van der Waals surface area contributed by atoms with Crippen molar-refractivity contribution in [1.29, 1.82) is 0 Å². The minimum Gasteiger partial charge on any atom is -0.0901 e. The van der Waals surface area contributed by atoms with Gasteiger partial charge in [0.1, 0.15) is 0 Å². The van der Waals surface area contributed by atoms with Gasteiger partial charge in [-0.25, -0.2) is 0 Å². The molecule has 2 rings (SSSR count). The van der Waals surface area contributed by atoms with Crippen molar-refractivity contribution in [3.8, 4) is 0 Å². The Bertz CT molecular complexity index is 237. The molecule has 1 saturated carbocycles. The molecule has 0 aromatic heterocycles. The molecule has 13 heavy (non-hydrogen) atoms. The summed E-state index contributed by atoms with van der Waals surface area (Å²) in [7, 11) is 1.04. The Morgan fingerprint density at radius 3 is 2.46 bits per heavy atom. The molecule has 1 aromatic carbocycles. The molecule has 1 fully saturated rings. The third kappa shape index (κ3) is 2.81. The Kier molecular flexibility index (Phi) is 3.38. The second kappa shape index (κ2) is 4.77. The van der Waals surface area contributed by atoms with E-state index in [0.29, 0.717) is 0 Å². The van der Waals surface area contributed by atoms with E-state index in [-0.39, 0.29) is 0 Å². The zero-order valence-electron chi connectivity index (χ0n) is 8.00. The molecule has 1 aliphatic carbocycles. The van der Waals surface area contributed by atoms with Gasteiger partial charge in [-0.3, -0.25) is 0 Å². The number of rotatable bonds is 3. The van der Waals surface area contributed by atoms with Gasteiger partial charge >= 0.3 is 0 Å². The highest BCUT2D eigenvalue weighted by molar-refractivity contribution is 7.47. The molecule has 0 nitrogen and oxygen atoms in total. The summed E-state index contributed by atoms with van der Waals surface area (Å²) < 4.78 is 0. The van der Waals surface area contributed by atoms with E-state index < -0.39 is 0 Å². The maximum absolute atomic E-state index is 2.26. The van der Waals surface area contributed by atoms with Crippen molar-refractivity contribution < 1.29 is 0 Å². The molecule has 1 aromatic rings. The summed E-state index contributed by atoms with van der Waals surface area (Å²) in [5.74, 6) is 1.04. The Hall–Kier alpha value is -0.350. The summed E-state index contributed by atoms with van der Waals surface area (Å²) in [6.45, 7) is 0. The van der Waals surface area contributed by atoms with Gasteiger partial charge in [-0.15, -0.1) is 0 Å². The van der Waals surface area contributed by atoms with E-state index in [1.807, 2.05) is 0 Å². The summed E-state index contributed by atoms with van der Waals surface area (Å²) in [4.78, 5) is 0. The van der Waals surface area contributed by atoms with Gasteiger partial charge in [-0.1, -0.05) is 64.6 Å². The average molecular weight is 192 g/mol. The number of hydrogen-bond donors (Lipinski definition) is 0. The smallest absolute Gasteiger partial charge is 0.0271 e. The molecule has 1 heteroatoms. The fourth-order valence-corrected chi connectivity index (χ4v) is 3.39. The quantitative estimate of drug-likeness (QED) is 0.645. The van der Waals surface area contributed by atoms with Crippen LogP contribution in [-0.2, 0) is 0 Å². The third-order valence-corrected chi connectivity index (χ3v) is 4.37. The second-order valence-corrected chi connectivity index (χ2v) is 5.24. The van der Waals surface area contributed by atoms with Gasteiger partial charge in [0.25, 0.3) is 0 Å². The van der Waals surface area contributed by atoms with Crippen molar-refractivity contribution in [1.82, 2.24) is 0 Å². The molecule has 0 N–H and O–H groups in total. The van der Waals surface area contributed by atoms with Crippen molar-refractivity contribution >= 4 is 13.9 Å². The van der Waals surface area contributed by atoms with E-state index in [2.05, 4.69) is 30.3 Å². The van der Waals surface area contributed by atoms with Crippen molar-refractivity contribution in [3.05, 3.63) is 30.3 Å². The summed E-state index contributed by atoms with van der Waals surface area (Å²) in [5.41, 5.74) is 0. The van der Waals surface area contributed by atoms with E-state index in [0.717, 1.165) is 14.5 Å². The van der Waals surface area contributed by atoms with Crippen molar-refractivity contribution in [3.63, 3.8) is 0 Å².